The normalized spacial score (nSPS) is 12.6. The van der Waals surface area contributed by atoms with Gasteiger partial charge in [0.2, 0.25) is 0 Å². The Bertz CT molecular complexity index is 553. The van der Waals surface area contributed by atoms with Crippen LogP contribution >= 0.6 is 38.9 Å². The molecule has 1 heterocycles. The number of rotatable bonds is 5. The summed E-state index contributed by atoms with van der Waals surface area (Å²) in [6, 6.07) is 10.6. The van der Waals surface area contributed by atoms with Gasteiger partial charge in [-0.25, -0.2) is 0 Å². The molecule has 0 aliphatic heterocycles. The van der Waals surface area contributed by atoms with Crippen molar-refractivity contribution in [1.82, 2.24) is 5.32 Å². The SMILES string of the molecule is CCNC(c1ccc(CC)s1)c1cc(Br)ccc1Cl. The fraction of sp³-hybridized carbons (Fsp3) is 0.333. The molecule has 1 unspecified atom stereocenters. The van der Waals surface area contributed by atoms with Crippen LogP contribution in [0, 0.1) is 0 Å². The molecule has 0 bridgehead atoms. The molecule has 0 saturated carbocycles. The molecule has 1 aromatic heterocycles. The first-order valence-corrected chi connectivity index (χ1v) is 8.41. The van der Waals surface area contributed by atoms with Crippen molar-refractivity contribution in [2.45, 2.75) is 26.3 Å². The summed E-state index contributed by atoms with van der Waals surface area (Å²) in [4.78, 5) is 2.72. The number of thiophene rings is 1. The molecule has 4 heteroatoms. The van der Waals surface area contributed by atoms with Crippen molar-refractivity contribution in [2.24, 2.45) is 0 Å². The van der Waals surface area contributed by atoms with E-state index in [9.17, 15) is 0 Å². The number of benzene rings is 1. The van der Waals surface area contributed by atoms with E-state index in [1.165, 1.54) is 9.75 Å². The Hall–Kier alpha value is -0.350. The van der Waals surface area contributed by atoms with Gasteiger partial charge in [-0.2, -0.15) is 0 Å². The van der Waals surface area contributed by atoms with Crippen molar-refractivity contribution < 1.29 is 0 Å². The predicted molar refractivity (Wildman–Crippen MR) is 88.4 cm³/mol. The van der Waals surface area contributed by atoms with Crippen molar-refractivity contribution in [3.05, 3.63) is 55.1 Å². The van der Waals surface area contributed by atoms with Crippen LogP contribution in [0.5, 0.6) is 0 Å². The minimum absolute atomic E-state index is 0.167. The second kappa shape index (κ2) is 6.89. The molecule has 19 heavy (non-hydrogen) atoms. The van der Waals surface area contributed by atoms with Crippen LogP contribution in [0.25, 0.3) is 0 Å². The highest BCUT2D eigenvalue weighted by Gasteiger charge is 2.18. The van der Waals surface area contributed by atoms with Crippen molar-refractivity contribution in [3.8, 4) is 0 Å². The number of hydrogen-bond acceptors (Lipinski definition) is 2. The Morgan fingerprint density at radius 2 is 2.05 bits per heavy atom. The average molecular weight is 359 g/mol. The van der Waals surface area contributed by atoms with Crippen LogP contribution in [0.15, 0.2) is 34.8 Å². The minimum atomic E-state index is 0.167. The molecule has 102 valence electrons. The molecule has 0 aliphatic rings. The van der Waals surface area contributed by atoms with Crippen molar-refractivity contribution in [3.63, 3.8) is 0 Å². The fourth-order valence-electron chi connectivity index (χ4n) is 2.04. The first-order valence-electron chi connectivity index (χ1n) is 6.42. The first-order chi connectivity index (χ1) is 9.15. The summed E-state index contributed by atoms with van der Waals surface area (Å²) in [5.41, 5.74) is 1.13. The topological polar surface area (TPSA) is 12.0 Å². The van der Waals surface area contributed by atoms with Crippen LogP contribution in [-0.4, -0.2) is 6.54 Å². The third-order valence-corrected chi connectivity index (χ3v) is 5.12. The van der Waals surface area contributed by atoms with Gasteiger partial charge in [-0.15, -0.1) is 11.3 Å². The van der Waals surface area contributed by atoms with Crippen molar-refractivity contribution in [2.75, 3.05) is 6.54 Å². The highest BCUT2D eigenvalue weighted by Crippen LogP contribution is 2.34. The molecule has 0 radical (unpaired) electrons. The lowest BCUT2D eigenvalue weighted by Crippen LogP contribution is -2.21. The molecule has 0 aliphatic carbocycles. The molecule has 2 rings (SSSR count). The number of halogens is 2. The van der Waals surface area contributed by atoms with Crippen molar-refractivity contribution >= 4 is 38.9 Å². The van der Waals surface area contributed by atoms with E-state index in [4.69, 9.17) is 11.6 Å². The molecule has 1 nitrogen and oxygen atoms in total. The zero-order valence-electron chi connectivity index (χ0n) is 11.0. The van der Waals surface area contributed by atoms with E-state index in [1.807, 2.05) is 23.5 Å². The first kappa shape index (κ1) is 15.0. The van der Waals surface area contributed by atoms with Crippen molar-refractivity contribution in [1.29, 1.82) is 0 Å². The zero-order chi connectivity index (χ0) is 13.8. The van der Waals surface area contributed by atoms with E-state index >= 15 is 0 Å². The van der Waals surface area contributed by atoms with E-state index < -0.39 is 0 Å². The molecule has 1 N–H and O–H groups in total. The van der Waals surface area contributed by atoms with E-state index in [0.29, 0.717) is 0 Å². The lowest BCUT2D eigenvalue weighted by Gasteiger charge is -2.18. The quantitative estimate of drug-likeness (QED) is 0.752. The fourth-order valence-corrected chi connectivity index (χ4v) is 3.70. The number of hydrogen-bond donors (Lipinski definition) is 1. The van der Waals surface area contributed by atoms with Crippen LogP contribution in [-0.2, 0) is 6.42 Å². The Balaban J connectivity index is 2.41. The van der Waals surface area contributed by atoms with Crippen LogP contribution < -0.4 is 5.32 Å². The Kier molecular flexibility index (Phi) is 5.46. The van der Waals surface area contributed by atoms with Gasteiger partial charge in [0.1, 0.15) is 0 Å². The Morgan fingerprint density at radius 3 is 2.68 bits per heavy atom. The third kappa shape index (κ3) is 3.60. The zero-order valence-corrected chi connectivity index (χ0v) is 14.2. The molecule has 2 aromatic rings. The van der Waals surface area contributed by atoms with Gasteiger partial charge >= 0.3 is 0 Å². The van der Waals surface area contributed by atoms with Gasteiger partial charge in [-0.05, 0) is 48.9 Å². The van der Waals surface area contributed by atoms with Gasteiger partial charge < -0.3 is 5.32 Å². The summed E-state index contributed by atoms with van der Waals surface area (Å²) >= 11 is 11.7. The highest BCUT2D eigenvalue weighted by molar-refractivity contribution is 9.10. The largest absolute Gasteiger partial charge is 0.306 e. The molecular weight excluding hydrogens is 342 g/mol. The minimum Gasteiger partial charge on any atom is -0.306 e. The highest BCUT2D eigenvalue weighted by atomic mass is 79.9. The summed E-state index contributed by atoms with van der Waals surface area (Å²) in [5, 5.41) is 4.33. The standard InChI is InChI=1S/C15H17BrClNS/c1-3-11-6-8-14(19-11)15(18-4-2)12-9-10(16)5-7-13(12)17/h5-9,15,18H,3-4H2,1-2H3. The molecule has 1 atom stereocenters. The molecule has 0 fully saturated rings. The number of nitrogens with one attached hydrogen (secondary N) is 1. The Morgan fingerprint density at radius 1 is 1.26 bits per heavy atom. The van der Waals surface area contributed by atoms with Gasteiger partial charge in [0.15, 0.2) is 0 Å². The molecule has 0 saturated heterocycles. The van der Waals surface area contributed by atoms with Gasteiger partial charge in [0.05, 0.1) is 6.04 Å². The van der Waals surface area contributed by atoms with Crippen LogP contribution in [0.1, 0.15) is 35.2 Å². The third-order valence-electron chi connectivity index (χ3n) is 2.99. The predicted octanol–water partition coefficient (Wildman–Crippen LogP) is 5.43. The maximum absolute atomic E-state index is 6.36. The summed E-state index contributed by atoms with van der Waals surface area (Å²) < 4.78 is 1.06. The lowest BCUT2D eigenvalue weighted by atomic mass is 10.1. The summed E-state index contributed by atoms with van der Waals surface area (Å²) in [5.74, 6) is 0. The maximum atomic E-state index is 6.36. The van der Waals surface area contributed by atoms with E-state index in [1.54, 1.807) is 0 Å². The van der Waals surface area contributed by atoms with Gasteiger partial charge in [-0.1, -0.05) is 41.4 Å². The number of aryl methyl sites for hydroxylation is 1. The van der Waals surface area contributed by atoms with Crippen LogP contribution in [0.4, 0.5) is 0 Å². The van der Waals surface area contributed by atoms with Gasteiger partial charge in [-0.3, -0.25) is 0 Å². The monoisotopic (exact) mass is 357 g/mol. The molecular formula is C15H17BrClNS. The van der Waals surface area contributed by atoms with Crippen LogP contribution in [0.2, 0.25) is 5.02 Å². The van der Waals surface area contributed by atoms with Gasteiger partial charge in [0, 0.05) is 19.2 Å². The second-order valence-electron chi connectivity index (χ2n) is 4.31. The molecule has 0 amide bonds. The summed E-state index contributed by atoms with van der Waals surface area (Å²) in [6.45, 7) is 5.21. The van der Waals surface area contributed by atoms with Crippen LogP contribution in [0.3, 0.4) is 0 Å². The second-order valence-corrected chi connectivity index (χ2v) is 6.84. The summed E-state index contributed by atoms with van der Waals surface area (Å²) in [7, 11) is 0. The van der Waals surface area contributed by atoms with E-state index in [-0.39, 0.29) is 6.04 Å². The maximum Gasteiger partial charge on any atom is 0.0686 e. The van der Waals surface area contributed by atoms with E-state index in [0.717, 1.165) is 28.0 Å². The molecule has 0 spiro atoms. The summed E-state index contributed by atoms with van der Waals surface area (Å²) in [6.07, 6.45) is 1.08. The van der Waals surface area contributed by atoms with Gasteiger partial charge in [0.25, 0.3) is 0 Å². The van der Waals surface area contributed by atoms with E-state index in [2.05, 4.69) is 53.3 Å². The Labute approximate surface area is 132 Å². The average Bonchev–Trinajstić information content (AvgIpc) is 2.88. The molecule has 1 aromatic carbocycles. The smallest absolute Gasteiger partial charge is 0.0686 e. The lowest BCUT2D eigenvalue weighted by molar-refractivity contribution is 0.639.